The average molecular weight is 1050 g/mol. The number of likely N-dealkylation sites (tertiary alicyclic amines) is 1. The molecule has 10 nitrogen and oxygen atoms in total. The van der Waals surface area contributed by atoms with E-state index in [1.54, 1.807) is 0 Å². The van der Waals surface area contributed by atoms with Crippen molar-refractivity contribution in [3.63, 3.8) is 0 Å². The molecule has 3 atom stereocenters. The van der Waals surface area contributed by atoms with E-state index in [2.05, 4.69) is 92.0 Å². The second kappa shape index (κ2) is 39.8. The lowest BCUT2D eigenvalue weighted by Crippen LogP contribution is -2.48. The minimum absolute atomic E-state index is 0.0925. The topological polar surface area (TPSA) is 107 Å². The second-order valence-corrected chi connectivity index (χ2v) is 22.2. The zero-order valence-electron chi connectivity index (χ0n) is 48.2. The molecule has 2 aromatic carbocycles. The van der Waals surface area contributed by atoms with Gasteiger partial charge in [0.1, 0.15) is 23.9 Å². The molecule has 1 N–H and O–H groups in total. The highest BCUT2D eigenvalue weighted by molar-refractivity contribution is 5.84. The summed E-state index contributed by atoms with van der Waals surface area (Å²) >= 11 is 0. The first-order chi connectivity index (χ1) is 37.2. The Kier molecular flexibility index (Phi) is 33.5. The first kappa shape index (κ1) is 64.0. The van der Waals surface area contributed by atoms with Gasteiger partial charge in [0.2, 0.25) is 12.3 Å². The van der Waals surface area contributed by atoms with E-state index in [0.717, 1.165) is 73.6 Å². The molecule has 0 radical (unpaired) electrons. The molecule has 0 saturated carbocycles. The van der Waals surface area contributed by atoms with E-state index in [4.69, 9.17) is 19.0 Å². The maximum atomic E-state index is 14.9. The Morgan fingerprint density at radius 3 is 1.51 bits per heavy atom. The van der Waals surface area contributed by atoms with E-state index in [1.165, 1.54) is 108 Å². The molecule has 1 saturated heterocycles. The Bertz CT molecular complexity index is 1890. The number of unbranched alkanes of at least 4 members (excludes halogenated alkanes) is 19. The number of hydrogen-bond acceptors (Lipinski definition) is 7. The highest BCUT2D eigenvalue weighted by Crippen LogP contribution is 2.44. The molecule has 3 amide bonds. The van der Waals surface area contributed by atoms with E-state index in [1.807, 2.05) is 49.9 Å². The van der Waals surface area contributed by atoms with Crippen LogP contribution in [0.25, 0.3) is 11.1 Å². The van der Waals surface area contributed by atoms with Crippen molar-refractivity contribution in [2.75, 3.05) is 39.5 Å². The maximum absolute atomic E-state index is 14.9. The molecule has 1 fully saturated rings. The van der Waals surface area contributed by atoms with Gasteiger partial charge >= 0.3 is 6.09 Å². The summed E-state index contributed by atoms with van der Waals surface area (Å²) in [4.78, 5) is 48.6. The molecule has 0 spiro atoms. The summed E-state index contributed by atoms with van der Waals surface area (Å²) < 4.78 is 18.7. The van der Waals surface area contributed by atoms with Gasteiger partial charge in [0, 0.05) is 38.8 Å². The van der Waals surface area contributed by atoms with E-state index in [-0.39, 0.29) is 30.6 Å². The number of rotatable bonds is 43. The molecule has 1 heterocycles. The predicted octanol–water partition coefficient (Wildman–Crippen LogP) is 16.5. The molecule has 2 aromatic rings. The lowest BCUT2D eigenvalue weighted by Gasteiger charge is -2.31. The summed E-state index contributed by atoms with van der Waals surface area (Å²) in [6.07, 6.45) is 48.2. The highest BCUT2D eigenvalue weighted by Gasteiger charge is 2.41. The number of carbonyl (C=O) groups is 3. The van der Waals surface area contributed by atoms with Crippen LogP contribution in [0, 0.1) is 0 Å². The first-order valence-corrected chi connectivity index (χ1v) is 30.3. The van der Waals surface area contributed by atoms with Gasteiger partial charge in [-0.1, -0.05) is 188 Å². The molecule has 76 heavy (non-hydrogen) atoms. The Morgan fingerprint density at radius 2 is 1.05 bits per heavy atom. The van der Waals surface area contributed by atoms with E-state index in [0.29, 0.717) is 58.5 Å². The Hall–Kier alpha value is -4.51. The summed E-state index contributed by atoms with van der Waals surface area (Å²) in [5, 5.41) is 4.08. The van der Waals surface area contributed by atoms with Crippen molar-refractivity contribution in [1.29, 1.82) is 0 Å². The summed E-state index contributed by atoms with van der Waals surface area (Å²) in [6.45, 7) is 12.6. The van der Waals surface area contributed by atoms with Crippen molar-refractivity contribution in [2.45, 2.75) is 238 Å². The van der Waals surface area contributed by atoms with Crippen molar-refractivity contribution in [1.82, 2.24) is 15.3 Å². The van der Waals surface area contributed by atoms with Crippen LogP contribution in [0.4, 0.5) is 4.79 Å². The Labute approximate surface area is 461 Å². The molecule has 2 unspecified atom stereocenters. The highest BCUT2D eigenvalue weighted by atomic mass is 16.7. The van der Waals surface area contributed by atoms with Gasteiger partial charge in [-0.25, -0.2) is 9.86 Å². The van der Waals surface area contributed by atoms with E-state index in [9.17, 15) is 14.4 Å². The zero-order chi connectivity index (χ0) is 54.3. The maximum Gasteiger partial charge on any atom is 0.407 e. The van der Waals surface area contributed by atoms with Gasteiger partial charge in [-0.05, 0) is 139 Å². The van der Waals surface area contributed by atoms with Crippen LogP contribution in [0.3, 0.4) is 0 Å². The molecular formula is C66H103N3O7. The van der Waals surface area contributed by atoms with E-state index >= 15 is 0 Å². The summed E-state index contributed by atoms with van der Waals surface area (Å²) in [7, 11) is 0. The molecule has 10 heteroatoms. The summed E-state index contributed by atoms with van der Waals surface area (Å²) in [6, 6.07) is 15.8. The summed E-state index contributed by atoms with van der Waals surface area (Å²) in [5.41, 5.74) is 4.01. The minimum Gasteiger partial charge on any atom is -0.444 e. The van der Waals surface area contributed by atoms with Gasteiger partial charge in [0.05, 0.1) is 6.61 Å². The lowest BCUT2D eigenvalue weighted by molar-refractivity contribution is -0.195. The smallest absolute Gasteiger partial charge is 0.407 e. The fraction of sp³-hybridized carbons (Fsp3) is 0.652. The fourth-order valence-electron chi connectivity index (χ4n) is 10.2. The van der Waals surface area contributed by atoms with Gasteiger partial charge in [-0.2, -0.15) is 0 Å². The lowest BCUT2D eigenvalue weighted by atomic mass is 9.98. The minimum atomic E-state index is -0.870. The second-order valence-electron chi connectivity index (χ2n) is 22.2. The molecular weight excluding hydrogens is 947 g/mol. The number of ether oxygens (including phenoxy) is 3. The number of fused-ring (bicyclic) bond motifs is 3. The number of carbonyl (C=O) groups excluding carboxylic acids is 3. The van der Waals surface area contributed by atoms with Gasteiger partial charge in [-0.15, -0.1) is 0 Å². The van der Waals surface area contributed by atoms with Crippen LogP contribution in [0.5, 0.6) is 0 Å². The van der Waals surface area contributed by atoms with Crippen LogP contribution in [-0.4, -0.2) is 91.7 Å². The Balaban J connectivity index is 1.31. The number of allylic oxidation sites excluding steroid dienone is 8. The normalized spacial score (nSPS) is 16.1. The van der Waals surface area contributed by atoms with Crippen LogP contribution in [0.1, 0.15) is 225 Å². The van der Waals surface area contributed by atoms with Gasteiger partial charge < -0.3 is 24.4 Å². The number of amides is 3. The third-order valence-electron chi connectivity index (χ3n) is 14.5. The molecule has 2 aliphatic rings. The van der Waals surface area contributed by atoms with Gasteiger partial charge in [0.25, 0.3) is 0 Å². The molecule has 1 aliphatic heterocycles. The molecule has 0 aromatic heterocycles. The van der Waals surface area contributed by atoms with E-state index < -0.39 is 17.7 Å². The van der Waals surface area contributed by atoms with Crippen molar-refractivity contribution in [2.24, 2.45) is 0 Å². The predicted molar refractivity (Wildman–Crippen MR) is 314 cm³/mol. The largest absolute Gasteiger partial charge is 0.444 e. The van der Waals surface area contributed by atoms with Crippen LogP contribution in [0.2, 0.25) is 0 Å². The quantitative estimate of drug-likeness (QED) is 0.0305. The molecule has 1 aliphatic carbocycles. The first-order valence-electron chi connectivity index (χ1n) is 30.3. The van der Waals surface area contributed by atoms with Crippen molar-refractivity contribution in [3.05, 3.63) is 108 Å². The monoisotopic (exact) mass is 1050 g/mol. The van der Waals surface area contributed by atoms with Crippen LogP contribution < -0.4 is 5.32 Å². The molecule has 4 rings (SSSR count). The number of nitrogens with one attached hydrogen (secondary N) is 1. The van der Waals surface area contributed by atoms with Crippen LogP contribution in [0.15, 0.2) is 97.1 Å². The third-order valence-corrected chi connectivity index (χ3v) is 14.5. The number of alkyl carbamates (subject to hydrolysis) is 1. The van der Waals surface area contributed by atoms with Crippen molar-refractivity contribution in [3.8, 4) is 11.1 Å². The number of benzene rings is 2. The third kappa shape index (κ3) is 26.2. The van der Waals surface area contributed by atoms with Crippen LogP contribution in [-0.2, 0) is 28.6 Å². The number of nitrogens with zero attached hydrogens (tertiary/aromatic N) is 2. The molecule has 0 bridgehead atoms. The number of hydrogen-bond donors (Lipinski definition) is 1. The standard InChI is InChI=1S/C66H103N3O7/c1-6-8-10-12-14-16-18-20-22-24-26-28-30-32-34-42-50-73-62-52-68(53-63(62)74-51-43-35-33-31-29-27-25-23-21-19-17-15-13-11-9-7-2)64(71)61(48-40-41-49-67-65(72)76-66(3,4)5)69(55-70)75-54-60-58-46-38-36-44-56(58)57-45-37-39-47-59(57)60/h14-17,20-23,36-39,44-47,55,60-63H,6-13,18-19,24-35,40-43,48-54H2,1-5H3,(H,67,72)/b16-14-,17-15-,22-20-,23-21-/t61-,62?,63?/m0/s1. The van der Waals surface area contributed by atoms with Gasteiger partial charge in [-0.3, -0.25) is 14.4 Å². The SMILES string of the molecule is CCCCC/C=C\C/C=C\CCCCCCCCOC1CN(C(=O)[C@H](CCCCNC(=O)OC(C)(C)C)N(C=O)OCC2c3ccccc3-c3ccccc32)CC1OCCCCCCCC/C=C\C/C=C\CCCCC. The summed E-state index contributed by atoms with van der Waals surface area (Å²) in [5.74, 6) is -0.272. The van der Waals surface area contributed by atoms with Crippen molar-refractivity contribution >= 4 is 18.4 Å². The van der Waals surface area contributed by atoms with Crippen molar-refractivity contribution < 1.29 is 33.4 Å². The van der Waals surface area contributed by atoms with Gasteiger partial charge in [0.15, 0.2) is 0 Å². The zero-order valence-corrected chi connectivity index (χ0v) is 48.2. The Morgan fingerprint density at radius 1 is 0.605 bits per heavy atom. The molecule has 424 valence electrons. The number of hydroxylamine groups is 2. The average Bonchev–Trinajstić information content (AvgIpc) is 3.99. The fourth-order valence-corrected chi connectivity index (χ4v) is 10.2. The van der Waals surface area contributed by atoms with Crippen LogP contribution >= 0.6 is 0 Å².